The van der Waals surface area contributed by atoms with E-state index in [1.807, 2.05) is 13.0 Å². The van der Waals surface area contributed by atoms with Crippen molar-refractivity contribution < 1.29 is 5.11 Å². The van der Waals surface area contributed by atoms with Crippen LogP contribution < -0.4 is 5.32 Å². The van der Waals surface area contributed by atoms with Crippen LogP contribution in [0, 0.1) is 0 Å². The van der Waals surface area contributed by atoms with Crippen molar-refractivity contribution in [1.82, 2.24) is 5.32 Å². The van der Waals surface area contributed by atoms with E-state index in [1.165, 1.54) is 5.56 Å². The molecule has 0 saturated carbocycles. The summed E-state index contributed by atoms with van der Waals surface area (Å²) in [6.07, 6.45) is 1.61. The quantitative estimate of drug-likeness (QED) is 0.773. The van der Waals surface area contributed by atoms with Crippen molar-refractivity contribution >= 4 is 0 Å². The molecule has 0 bridgehead atoms. The first kappa shape index (κ1) is 13.2. The molecule has 0 fully saturated rings. The summed E-state index contributed by atoms with van der Waals surface area (Å²) in [4.78, 5) is 0. The zero-order valence-electron chi connectivity index (χ0n) is 10.5. The van der Waals surface area contributed by atoms with Gasteiger partial charge in [-0.1, -0.05) is 30.3 Å². The molecule has 0 aliphatic carbocycles. The third-order valence-electron chi connectivity index (χ3n) is 2.65. The Balaban J connectivity index is 2.33. The van der Waals surface area contributed by atoms with E-state index in [-0.39, 0.29) is 6.10 Å². The van der Waals surface area contributed by atoms with Gasteiger partial charge >= 0.3 is 0 Å². The molecule has 3 atom stereocenters. The molecule has 0 amide bonds. The van der Waals surface area contributed by atoms with Gasteiger partial charge in [-0.25, -0.2) is 0 Å². The van der Waals surface area contributed by atoms with E-state index in [0.29, 0.717) is 12.1 Å². The summed E-state index contributed by atoms with van der Waals surface area (Å²) in [5.74, 6) is 0. The van der Waals surface area contributed by atoms with Crippen LogP contribution in [0.15, 0.2) is 30.3 Å². The number of aliphatic hydroxyl groups excluding tert-OH is 1. The lowest BCUT2D eigenvalue weighted by Crippen LogP contribution is -2.37. The summed E-state index contributed by atoms with van der Waals surface area (Å²) in [7, 11) is 0. The van der Waals surface area contributed by atoms with Crippen LogP contribution in [-0.2, 0) is 6.42 Å². The van der Waals surface area contributed by atoms with Crippen molar-refractivity contribution in [2.45, 2.75) is 51.8 Å². The lowest BCUT2D eigenvalue weighted by atomic mass is 10.1. The van der Waals surface area contributed by atoms with Crippen LogP contribution in [0.4, 0.5) is 0 Å². The molecular formula is C14H23NO. The van der Waals surface area contributed by atoms with E-state index in [4.69, 9.17) is 0 Å². The fourth-order valence-electron chi connectivity index (χ4n) is 2.09. The minimum atomic E-state index is -0.230. The highest BCUT2D eigenvalue weighted by Crippen LogP contribution is 2.05. The first-order valence-electron chi connectivity index (χ1n) is 6.06. The smallest absolute Gasteiger partial charge is 0.0526 e. The lowest BCUT2D eigenvalue weighted by Gasteiger charge is -2.21. The fraction of sp³-hybridized carbons (Fsp3) is 0.571. The van der Waals surface area contributed by atoms with Gasteiger partial charge in [0.15, 0.2) is 0 Å². The highest BCUT2D eigenvalue weighted by atomic mass is 16.3. The molecule has 1 rings (SSSR count). The van der Waals surface area contributed by atoms with Crippen molar-refractivity contribution in [1.29, 1.82) is 0 Å². The van der Waals surface area contributed by atoms with Crippen LogP contribution in [0.3, 0.4) is 0 Å². The molecule has 0 saturated heterocycles. The Morgan fingerprint density at radius 1 is 1.06 bits per heavy atom. The molecule has 1 aromatic carbocycles. The molecule has 1 aromatic rings. The molecule has 2 heteroatoms. The number of hydrogen-bond acceptors (Lipinski definition) is 2. The fourth-order valence-corrected chi connectivity index (χ4v) is 2.09. The van der Waals surface area contributed by atoms with Gasteiger partial charge in [-0.15, -0.1) is 0 Å². The molecule has 2 nitrogen and oxygen atoms in total. The van der Waals surface area contributed by atoms with E-state index in [2.05, 4.69) is 43.4 Å². The Morgan fingerprint density at radius 3 is 2.25 bits per heavy atom. The Labute approximate surface area is 98.7 Å². The summed E-state index contributed by atoms with van der Waals surface area (Å²) in [5.41, 5.74) is 1.35. The first-order valence-corrected chi connectivity index (χ1v) is 6.06. The number of aliphatic hydroxyl groups is 1. The zero-order chi connectivity index (χ0) is 12.0. The normalized spacial score (nSPS) is 16.8. The topological polar surface area (TPSA) is 32.3 Å². The van der Waals surface area contributed by atoms with Gasteiger partial charge in [0, 0.05) is 12.1 Å². The SMILES string of the molecule is CC(O)CC(C)NC(C)Cc1ccccc1. The second kappa shape index (κ2) is 6.66. The third kappa shape index (κ3) is 5.29. The van der Waals surface area contributed by atoms with Crippen molar-refractivity contribution in [3.8, 4) is 0 Å². The summed E-state index contributed by atoms with van der Waals surface area (Å²) in [6, 6.07) is 11.3. The van der Waals surface area contributed by atoms with Crippen LogP contribution >= 0.6 is 0 Å². The zero-order valence-corrected chi connectivity index (χ0v) is 10.5. The van der Waals surface area contributed by atoms with Crippen LogP contribution in [0.25, 0.3) is 0 Å². The third-order valence-corrected chi connectivity index (χ3v) is 2.65. The van der Waals surface area contributed by atoms with Gasteiger partial charge in [0.25, 0.3) is 0 Å². The molecular weight excluding hydrogens is 198 g/mol. The van der Waals surface area contributed by atoms with Crippen LogP contribution in [0.1, 0.15) is 32.8 Å². The lowest BCUT2D eigenvalue weighted by molar-refractivity contribution is 0.168. The van der Waals surface area contributed by atoms with E-state index in [1.54, 1.807) is 0 Å². The van der Waals surface area contributed by atoms with Crippen molar-refractivity contribution in [2.24, 2.45) is 0 Å². The summed E-state index contributed by atoms with van der Waals surface area (Å²) in [5, 5.41) is 12.8. The van der Waals surface area contributed by atoms with E-state index < -0.39 is 0 Å². The van der Waals surface area contributed by atoms with Gasteiger partial charge in [-0.2, -0.15) is 0 Å². The number of rotatable bonds is 6. The van der Waals surface area contributed by atoms with Crippen molar-refractivity contribution in [3.63, 3.8) is 0 Å². The monoisotopic (exact) mass is 221 g/mol. The molecule has 0 heterocycles. The second-order valence-corrected chi connectivity index (χ2v) is 4.74. The molecule has 0 aliphatic heterocycles. The van der Waals surface area contributed by atoms with Gasteiger partial charge in [-0.3, -0.25) is 0 Å². The maximum Gasteiger partial charge on any atom is 0.0526 e. The Hall–Kier alpha value is -0.860. The number of hydrogen-bond donors (Lipinski definition) is 2. The molecule has 0 aromatic heterocycles. The first-order chi connectivity index (χ1) is 7.58. The van der Waals surface area contributed by atoms with E-state index in [9.17, 15) is 5.11 Å². The minimum absolute atomic E-state index is 0.230. The maximum atomic E-state index is 9.29. The van der Waals surface area contributed by atoms with Gasteiger partial charge in [0.2, 0.25) is 0 Å². The Morgan fingerprint density at radius 2 is 1.69 bits per heavy atom. The maximum absolute atomic E-state index is 9.29. The van der Waals surface area contributed by atoms with Crippen LogP contribution in [0.5, 0.6) is 0 Å². The summed E-state index contributed by atoms with van der Waals surface area (Å²) in [6.45, 7) is 6.14. The van der Waals surface area contributed by atoms with E-state index >= 15 is 0 Å². The molecule has 90 valence electrons. The van der Waals surface area contributed by atoms with Gasteiger partial charge in [-0.05, 0) is 39.2 Å². The Bertz CT molecular complexity index is 284. The highest BCUT2D eigenvalue weighted by Gasteiger charge is 2.09. The van der Waals surface area contributed by atoms with Crippen molar-refractivity contribution in [2.75, 3.05) is 0 Å². The van der Waals surface area contributed by atoms with E-state index in [0.717, 1.165) is 12.8 Å². The van der Waals surface area contributed by atoms with Crippen LogP contribution in [-0.4, -0.2) is 23.3 Å². The standard InChI is InChI=1S/C14H23NO/c1-11(9-13(3)16)15-12(2)10-14-7-5-4-6-8-14/h4-8,11-13,15-16H,9-10H2,1-3H3. The number of benzene rings is 1. The Kier molecular flexibility index (Phi) is 5.50. The average Bonchev–Trinajstić information content (AvgIpc) is 2.17. The van der Waals surface area contributed by atoms with Gasteiger partial charge < -0.3 is 10.4 Å². The minimum Gasteiger partial charge on any atom is -0.393 e. The summed E-state index contributed by atoms with van der Waals surface area (Å²) < 4.78 is 0. The molecule has 2 N–H and O–H groups in total. The summed E-state index contributed by atoms with van der Waals surface area (Å²) >= 11 is 0. The molecule has 3 unspecified atom stereocenters. The molecule has 0 spiro atoms. The average molecular weight is 221 g/mol. The molecule has 16 heavy (non-hydrogen) atoms. The van der Waals surface area contributed by atoms with Crippen LogP contribution in [0.2, 0.25) is 0 Å². The van der Waals surface area contributed by atoms with Gasteiger partial charge in [0.1, 0.15) is 0 Å². The molecule has 0 aliphatic rings. The highest BCUT2D eigenvalue weighted by molar-refractivity contribution is 5.15. The predicted octanol–water partition coefficient (Wildman–Crippen LogP) is 2.37. The van der Waals surface area contributed by atoms with Gasteiger partial charge in [0.05, 0.1) is 6.10 Å². The second-order valence-electron chi connectivity index (χ2n) is 4.74. The molecule has 0 radical (unpaired) electrons. The largest absolute Gasteiger partial charge is 0.393 e. The predicted molar refractivity (Wildman–Crippen MR) is 68.5 cm³/mol. The van der Waals surface area contributed by atoms with Crippen molar-refractivity contribution in [3.05, 3.63) is 35.9 Å². The number of nitrogens with one attached hydrogen (secondary N) is 1.